The number of amidine groups is 1. The van der Waals surface area contributed by atoms with Crippen LogP contribution in [0.2, 0.25) is 5.02 Å². The Morgan fingerprint density at radius 3 is 2.85 bits per heavy atom. The van der Waals surface area contributed by atoms with Gasteiger partial charge in [-0.15, -0.1) is 0 Å². The largest absolute Gasteiger partial charge is 0.274 e. The first-order valence-electron chi connectivity index (χ1n) is 8.88. The van der Waals surface area contributed by atoms with Gasteiger partial charge in [-0.25, -0.2) is 10.4 Å². The van der Waals surface area contributed by atoms with Crippen molar-refractivity contribution >= 4 is 40.1 Å². The van der Waals surface area contributed by atoms with Gasteiger partial charge in [0.25, 0.3) is 0 Å². The summed E-state index contributed by atoms with van der Waals surface area (Å²) in [4.78, 5) is 19.8. The fraction of sp³-hybridized carbons (Fsp3) is 0.300. The Morgan fingerprint density at radius 1 is 1.22 bits per heavy atom. The van der Waals surface area contributed by atoms with Crippen molar-refractivity contribution in [3.8, 4) is 0 Å². The second kappa shape index (κ2) is 7.64. The topological polar surface area (TPSA) is 56.7 Å². The van der Waals surface area contributed by atoms with Gasteiger partial charge in [-0.3, -0.25) is 15.1 Å². The second-order valence-electron chi connectivity index (χ2n) is 6.81. The number of carbonyl (C=O) groups is 1. The zero-order valence-corrected chi connectivity index (χ0v) is 16.8. The van der Waals surface area contributed by atoms with Crippen molar-refractivity contribution in [2.24, 2.45) is 10.9 Å². The third-order valence-electron chi connectivity index (χ3n) is 4.96. The molecule has 1 fully saturated rings. The molecular formula is C20H21ClN4OS. The first-order chi connectivity index (χ1) is 13.0. The number of carbonyl (C=O) groups excluding carboxylic acids is 1. The summed E-state index contributed by atoms with van der Waals surface area (Å²) in [6.45, 7) is 4.65. The van der Waals surface area contributed by atoms with Crippen LogP contribution in [0.1, 0.15) is 16.7 Å². The number of nitrogens with zero attached hydrogens (tertiary/aromatic N) is 2. The van der Waals surface area contributed by atoms with Crippen LogP contribution in [-0.2, 0) is 10.5 Å². The van der Waals surface area contributed by atoms with Crippen LogP contribution in [0.25, 0.3) is 0 Å². The summed E-state index contributed by atoms with van der Waals surface area (Å²) < 4.78 is 0. The lowest BCUT2D eigenvalue weighted by molar-refractivity contribution is -0.121. The molecule has 2 aliphatic rings. The number of thioether (sulfide) groups is 1. The average Bonchev–Trinajstić information content (AvgIpc) is 3.12. The van der Waals surface area contributed by atoms with E-state index in [4.69, 9.17) is 16.6 Å². The first-order valence-corrected chi connectivity index (χ1v) is 10.2. The number of hydrogen-bond acceptors (Lipinski definition) is 5. The van der Waals surface area contributed by atoms with Gasteiger partial charge in [0.2, 0.25) is 5.91 Å². The Morgan fingerprint density at radius 2 is 2.04 bits per heavy atom. The van der Waals surface area contributed by atoms with Crippen LogP contribution in [0.15, 0.2) is 47.5 Å². The van der Waals surface area contributed by atoms with E-state index in [0.717, 1.165) is 17.0 Å². The monoisotopic (exact) mass is 400 g/mol. The number of benzene rings is 2. The summed E-state index contributed by atoms with van der Waals surface area (Å²) in [5, 5.41) is 1.31. The van der Waals surface area contributed by atoms with E-state index < -0.39 is 0 Å². The average molecular weight is 401 g/mol. The van der Waals surface area contributed by atoms with Crippen LogP contribution in [0, 0.1) is 19.8 Å². The smallest absolute Gasteiger partial charge is 0.241 e. The number of hydrazine groups is 1. The first kappa shape index (κ1) is 18.5. The van der Waals surface area contributed by atoms with Gasteiger partial charge in [0, 0.05) is 17.3 Å². The maximum atomic E-state index is 13.3. The third-order valence-corrected chi connectivity index (χ3v) is 6.20. The van der Waals surface area contributed by atoms with Crippen molar-refractivity contribution in [2.75, 3.05) is 11.4 Å². The minimum atomic E-state index is -0.229. The molecule has 7 heteroatoms. The van der Waals surface area contributed by atoms with E-state index in [1.165, 1.54) is 11.1 Å². The molecule has 5 nitrogen and oxygen atoms in total. The predicted molar refractivity (Wildman–Crippen MR) is 112 cm³/mol. The van der Waals surface area contributed by atoms with Crippen molar-refractivity contribution in [1.29, 1.82) is 0 Å². The van der Waals surface area contributed by atoms with Crippen molar-refractivity contribution < 1.29 is 4.79 Å². The van der Waals surface area contributed by atoms with Gasteiger partial charge >= 0.3 is 0 Å². The third kappa shape index (κ3) is 3.62. The zero-order chi connectivity index (χ0) is 19.0. The lowest BCUT2D eigenvalue weighted by atomic mass is 10.0. The molecule has 1 amide bonds. The summed E-state index contributed by atoms with van der Waals surface area (Å²) in [6, 6.07) is 13.9. The van der Waals surface area contributed by atoms with Crippen LogP contribution in [0.4, 0.5) is 5.69 Å². The van der Waals surface area contributed by atoms with Gasteiger partial charge in [-0.05, 0) is 42.7 Å². The van der Waals surface area contributed by atoms with Crippen LogP contribution in [0.3, 0.4) is 0 Å². The molecule has 2 heterocycles. The molecule has 0 spiro atoms. The molecule has 0 aromatic heterocycles. The minimum Gasteiger partial charge on any atom is -0.274 e. The molecule has 140 valence electrons. The molecule has 4 rings (SSSR count). The molecule has 0 aliphatic carbocycles. The van der Waals surface area contributed by atoms with Gasteiger partial charge in [0.05, 0.1) is 11.6 Å². The van der Waals surface area contributed by atoms with Crippen molar-refractivity contribution in [1.82, 2.24) is 10.9 Å². The van der Waals surface area contributed by atoms with Crippen LogP contribution in [0.5, 0.6) is 0 Å². The van der Waals surface area contributed by atoms with E-state index in [-0.39, 0.29) is 18.0 Å². The number of rotatable bonds is 3. The number of anilines is 1. The highest BCUT2D eigenvalue weighted by molar-refractivity contribution is 8.13. The molecule has 2 unspecified atom stereocenters. The molecule has 2 atom stereocenters. The summed E-state index contributed by atoms with van der Waals surface area (Å²) in [5.41, 5.74) is 10.4. The van der Waals surface area contributed by atoms with Gasteiger partial charge in [-0.2, -0.15) is 0 Å². The number of fused-ring (bicyclic) bond motifs is 1. The van der Waals surface area contributed by atoms with Crippen LogP contribution in [-0.4, -0.2) is 23.8 Å². The molecule has 2 aliphatic heterocycles. The maximum absolute atomic E-state index is 13.3. The summed E-state index contributed by atoms with van der Waals surface area (Å²) >= 11 is 7.81. The second-order valence-corrected chi connectivity index (χ2v) is 8.19. The number of amides is 1. The van der Waals surface area contributed by atoms with E-state index in [1.54, 1.807) is 16.7 Å². The Bertz CT molecular complexity index is 917. The Labute approximate surface area is 168 Å². The fourth-order valence-corrected chi connectivity index (χ4v) is 4.61. The highest BCUT2D eigenvalue weighted by Gasteiger charge is 2.42. The Kier molecular flexibility index (Phi) is 5.23. The zero-order valence-electron chi connectivity index (χ0n) is 15.2. The molecule has 1 saturated heterocycles. The molecule has 2 aromatic carbocycles. The van der Waals surface area contributed by atoms with E-state index in [0.29, 0.717) is 16.7 Å². The molecule has 0 bridgehead atoms. The molecular weight excluding hydrogens is 380 g/mol. The standard InChI is InChI=1S/C20H21ClN4OS/c1-12-5-3-4-6-14(12)11-27-20-23-18-16(10-22-24-18)19(26)25(20)17-9-15(21)8-7-13(17)2/h3-9,16,18,22,24H,10-11H2,1-2H3. The quantitative estimate of drug-likeness (QED) is 0.825. The Balaban J connectivity index is 1.70. The molecule has 2 N–H and O–H groups in total. The highest BCUT2D eigenvalue weighted by Crippen LogP contribution is 2.34. The van der Waals surface area contributed by atoms with Crippen LogP contribution < -0.4 is 15.8 Å². The molecule has 0 saturated carbocycles. The van der Waals surface area contributed by atoms with Gasteiger partial charge in [-0.1, -0.05) is 53.7 Å². The van der Waals surface area contributed by atoms with Crippen molar-refractivity contribution in [2.45, 2.75) is 25.8 Å². The van der Waals surface area contributed by atoms with E-state index in [1.807, 2.05) is 37.3 Å². The molecule has 27 heavy (non-hydrogen) atoms. The van der Waals surface area contributed by atoms with Crippen molar-refractivity contribution in [3.63, 3.8) is 0 Å². The Hall–Kier alpha value is -1.86. The number of halogens is 1. The van der Waals surface area contributed by atoms with E-state index in [9.17, 15) is 4.79 Å². The summed E-state index contributed by atoms with van der Waals surface area (Å²) in [6.07, 6.45) is -0.229. The lowest BCUT2D eigenvalue weighted by Crippen LogP contribution is -2.49. The SMILES string of the molecule is Cc1ccccc1CSC1=NC2NNCC2C(=O)N1c1cc(Cl)ccc1C. The number of hydrogen-bond donors (Lipinski definition) is 2. The number of nitrogens with one attached hydrogen (secondary N) is 2. The normalized spacial score (nSPS) is 22.0. The highest BCUT2D eigenvalue weighted by atomic mass is 35.5. The van der Waals surface area contributed by atoms with Gasteiger partial charge < -0.3 is 0 Å². The molecule has 0 radical (unpaired) electrons. The van der Waals surface area contributed by atoms with E-state index >= 15 is 0 Å². The molecule has 2 aromatic rings. The summed E-state index contributed by atoms with van der Waals surface area (Å²) in [5.74, 6) is 0.580. The minimum absolute atomic E-state index is 0.0464. The van der Waals surface area contributed by atoms with Gasteiger partial charge in [0.15, 0.2) is 5.17 Å². The van der Waals surface area contributed by atoms with Gasteiger partial charge in [0.1, 0.15) is 6.17 Å². The van der Waals surface area contributed by atoms with Crippen molar-refractivity contribution in [3.05, 3.63) is 64.2 Å². The predicted octanol–water partition coefficient (Wildman–Crippen LogP) is 3.64. The van der Waals surface area contributed by atoms with E-state index in [2.05, 4.69) is 29.9 Å². The van der Waals surface area contributed by atoms with Crippen LogP contribution >= 0.6 is 23.4 Å². The number of aryl methyl sites for hydroxylation is 2. The maximum Gasteiger partial charge on any atom is 0.241 e. The number of aliphatic imine (C=N–C) groups is 1. The fourth-order valence-electron chi connectivity index (χ4n) is 3.33. The summed E-state index contributed by atoms with van der Waals surface area (Å²) in [7, 11) is 0. The lowest BCUT2D eigenvalue weighted by Gasteiger charge is -2.33.